The fourth-order valence-corrected chi connectivity index (χ4v) is 2.51. The topological polar surface area (TPSA) is 60.0 Å². The third-order valence-corrected chi connectivity index (χ3v) is 3.90. The fourth-order valence-electron chi connectivity index (χ4n) is 2.51. The lowest BCUT2D eigenvalue weighted by molar-refractivity contribution is 0.0942. The van der Waals surface area contributed by atoms with Crippen LogP contribution in [0.25, 0.3) is 0 Å². The Balaban J connectivity index is 2.36. The van der Waals surface area contributed by atoms with Crippen LogP contribution < -0.4 is 11.3 Å². The minimum absolute atomic E-state index is 0.245. The molecule has 0 saturated carbocycles. The van der Waals surface area contributed by atoms with Gasteiger partial charge in [-0.05, 0) is 38.0 Å². The van der Waals surface area contributed by atoms with Crippen molar-refractivity contribution in [3.63, 3.8) is 0 Å². The van der Waals surface area contributed by atoms with Crippen LogP contribution in [-0.2, 0) is 6.42 Å². The number of nitrogens with two attached hydrogens (primary N) is 1. The van der Waals surface area contributed by atoms with Crippen molar-refractivity contribution in [3.05, 3.63) is 58.9 Å². The highest BCUT2D eigenvalue weighted by atomic mass is 16.2. The summed E-state index contributed by atoms with van der Waals surface area (Å²) in [6.45, 7) is 6.31. The third kappa shape index (κ3) is 3.34. The van der Waals surface area contributed by atoms with Crippen LogP contribution >= 0.6 is 0 Å². The predicted molar refractivity (Wildman–Crippen MR) is 85.1 cm³/mol. The van der Waals surface area contributed by atoms with E-state index in [-0.39, 0.29) is 11.9 Å². The number of aryl methyl sites for hydroxylation is 1. The number of carbonyl (C=O) groups excluding carboxylic acids is 1. The number of carbonyl (C=O) groups is 1. The van der Waals surface area contributed by atoms with Crippen LogP contribution in [0.2, 0.25) is 0 Å². The summed E-state index contributed by atoms with van der Waals surface area (Å²) in [5, 5.41) is 0. The molecule has 1 aromatic heterocycles. The molecule has 0 aliphatic carbocycles. The molecular formula is C17H23N3O. The first-order valence-corrected chi connectivity index (χ1v) is 7.33. The molecule has 21 heavy (non-hydrogen) atoms. The van der Waals surface area contributed by atoms with E-state index in [4.69, 9.17) is 5.84 Å². The van der Waals surface area contributed by atoms with Gasteiger partial charge in [0.2, 0.25) is 0 Å². The second-order valence-corrected chi connectivity index (χ2v) is 5.47. The van der Waals surface area contributed by atoms with Crippen LogP contribution in [0.15, 0.2) is 36.4 Å². The zero-order chi connectivity index (χ0) is 15.4. The van der Waals surface area contributed by atoms with Crippen LogP contribution in [0, 0.1) is 6.92 Å². The number of benzene rings is 1. The molecule has 1 heterocycles. The number of hydrogen-bond acceptors (Lipinski definition) is 2. The van der Waals surface area contributed by atoms with Crippen molar-refractivity contribution in [2.45, 2.75) is 39.7 Å². The Labute approximate surface area is 125 Å². The van der Waals surface area contributed by atoms with E-state index < -0.39 is 0 Å². The molecular weight excluding hydrogens is 262 g/mol. The highest BCUT2D eigenvalue weighted by Crippen LogP contribution is 2.22. The molecule has 3 N–H and O–H groups in total. The van der Waals surface area contributed by atoms with Crippen LogP contribution in [0.3, 0.4) is 0 Å². The first-order chi connectivity index (χ1) is 10.1. The smallest absolute Gasteiger partial charge is 0.281 e. The van der Waals surface area contributed by atoms with Crippen LogP contribution in [-0.4, -0.2) is 10.5 Å². The molecule has 1 aromatic carbocycles. The summed E-state index contributed by atoms with van der Waals surface area (Å²) in [5.41, 5.74) is 6.46. The Morgan fingerprint density at radius 3 is 2.48 bits per heavy atom. The largest absolute Gasteiger partial charge is 0.338 e. The van der Waals surface area contributed by atoms with Gasteiger partial charge in [-0.3, -0.25) is 10.2 Å². The molecule has 2 rings (SSSR count). The van der Waals surface area contributed by atoms with Crippen molar-refractivity contribution < 1.29 is 4.79 Å². The van der Waals surface area contributed by atoms with Gasteiger partial charge in [0.25, 0.3) is 5.91 Å². The number of aromatic nitrogens is 1. The Kier molecular flexibility index (Phi) is 4.81. The van der Waals surface area contributed by atoms with E-state index >= 15 is 0 Å². The number of hydrazine groups is 1. The maximum absolute atomic E-state index is 11.9. The van der Waals surface area contributed by atoms with Gasteiger partial charge >= 0.3 is 0 Å². The average Bonchev–Trinajstić information content (AvgIpc) is 2.91. The van der Waals surface area contributed by atoms with E-state index in [9.17, 15) is 4.79 Å². The SMILES string of the molecule is CC[C@H](C)n1c(Cc2ccc(C)cc2)ccc1C(=O)NN. The normalized spacial score (nSPS) is 12.2. The summed E-state index contributed by atoms with van der Waals surface area (Å²) in [6, 6.07) is 12.6. The highest BCUT2D eigenvalue weighted by Gasteiger charge is 2.17. The lowest BCUT2D eigenvalue weighted by Gasteiger charge is -2.19. The molecule has 0 aliphatic rings. The summed E-state index contributed by atoms with van der Waals surface area (Å²) in [6.07, 6.45) is 1.77. The average molecular weight is 285 g/mol. The lowest BCUT2D eigenvalue weighted by atomic mass is 10.1. The second-order valence-electron chi connectivity index (χ2n) is 5.47. The molecule has 0 unspecified atom stereocenters. The van der Waals surface area contributed by atoms with E-state index in [0.717, 1.165) is 18.5 Å². The quantitative estimate of drug-likeness (QED) is 0.504. The minimum atomic E-state index is -0.245. The van der Waals surface area contributed by atoms with E-state index in [1.165, 1.54) is 11.1 Å². The molecule has 112 valence electrons. The number of rotatable bonds is 5. The Bertz CT molecular complexity index is 613. The first kappa shape index (κ1) is 15.3. The Morgan fingerprint density at radius 1 is 1.24 bits per heavy atom. The van der Waals surface area contributed by atoms with E-state index in [1.807, 2.05) is 12.1 Å². The molecule has 0 radical (unpaired) electrons. The van der Waals surface area contributed by atoms with E-state index in [0.29, 0.717) is 5.69 Å². The molecule has 0 bridgehead atoms. The van der Waals surface area contributed by atoms with Gasteiger partial charge in [-0.25, -0.2) is 5.84 Å². The maximum Gasteiger partial charge on any atom is 0.281 e. The molecule has 4 heteroatoms. The van der Waals surface area contributed by atoms with Gasteiger partial charge in [-0.2, -0.15) is 0 Å². The summed E-state index contributed by atoms with van der Waals surface area (Å²) < 4.78 is 2.09. The molecule has 4 nitrogen and oxygen atoms in total. The monoisotopic (exact) mass is 285 g/mol. The highest BCUT2D eigenvalue weighted by molar-refractivity contribution is 5.92. The Hall–Kier alpha value is -2.07. The van der Waals surface area contributed by atoms with Crippen LogP contribution in [0.5, 0.6) is 0 Å². The van der Waals surface area contributed by atoms with Gasteiger partial charge in [-0.15, -0.1) is 0 Å². The zero-order valence-electron chi connectivity index (χ0n) is 12.9. The summed E-state index contributed by atoms with van der Waals surface area (Å²) in [5.74, 6) is 5.04. The van der Waals surface area contributed by atoms with E-state index in [2.05, 4.69) is 55.0 Å². The number of nitrogens with one attached hydrogen (secondary N) is 1. The van der Waals surface area contributed by atoms with Crippen molar-refractivity contribution >= 4 is 5.91 Å². The van der Waals surface area contributed by atoms with Gasteiger partial charge in [0.05, 0.1) is 0 Å². The zero-order valence-corrected chi connectivity index (χ0v) is 12.9. The first-order valence-electron chi connectivity index (χ1n) is 7.33. The predicted octanol–water partition coefficient (Wildman–Crippen LogP) is 2.96. The third-order valence-electron chi connectivity index (χ3n) is 3.90. The molecule has 0 spiro atoms. The minimum Gasteiger partial charge on any atom is -0.338 e. The summed E-state index contributed by atoms with van der Waals surface area (Å²) in [4.78, 5) is 11.9. The number of nitrogen functional groups attached to an aromatic ring is 1. The number of amides is 1. The maximum atomic E-state index is 11.9. The van der Waals surface area contributed by atoms with Gasteiger partial charge < -0.3 is 4.57 Å². The fraction of sp³-hybridized carbons (Fsp3) is 0.353. The van der Waals surface area contributed by atoms with Crippen molar-refractivity contribution in [2.75, 3.05) is 0 Å². The summed E-state index contributed by atoms with van der Waals surface area (Å²) in [7, 11) is 0. The van der Waals surface area contributed by atoms with Crippen LogP contribution in [0.1, 0.15) is 53.6 Å². The second kappa shape index (κ2) is 6.59. The van der Waals surface area contributed by atoms with Gasteiger partial charge in [0.15, 0.2) is 0 Å². The molecule has 1 atom stereocenters. The molecule has 0 fully saturated rings. The molecule has 1 amide bonds. The standard InChI is InChI=1S/C17H23N3O/c1-4-13(3)20-15(9-10-16(20)17(21)19-18)11-14-7-5-12(2)6-8-14/h5-10,13H,4,11,18H2,1-3H3,(H,19,21)/t13-/m0/s1. The van der Waals surface area contributed by atoms with Gasteiger partial charge in [-0.1, -0.05) is 36.8 Å². The van der Waals surface area contributed by atoms with Crippen LogP contribution in [0.4, 0.5) is 0 Å². The number of nitrogens with zero attached hydrogens (tertiary/aromatic N) is 1. The van der Waals surface area contributed by atoms with Crippen molar-refractivity contribution in [3.8, 4) is 0 Å². The van der Waals surface area contributed by atoms with Crippen molar-refractivity contribution in [1.29, 1.82) is 0 Å². The molecule has 2 aromatic rings. The summed E-state index contributed by atoms with van der Waals surface area (Å²) >= 11 is 0. The Morgan fingerprint density at radius 2 is 1.90 bits per heavy atom. The van der Waals surface area contributed by atoms with Crippen molar-refractivity contribution in [2.24, 2.45) is 5.84 Å². The number of hydrogen-bond donors (Lipinski definition) is 2. The molecule has 0 saturated heterocycles. The molecule has 0 aliphatic heterocycles. The van der Waals surface area contributed by atoms with Gasteiger partial charge in [0.1, 0.15) is 5.69 Å². The van der Waals surface area contributed by atoms with Crippen molar-refractivity contribution in [1.82, 2.24) is 9.99 Å². The van der Waals surface area contributed by atoms with E-state index in [1.54, 1.807) is 0 Å². The van der Waals surface area contributed by atoms with Gasteiger partial charge in [0, 0.05) is 18.2 Å². The lowest BCUT2D eigenvalue weighted by Crippen LogP contribution is -2.32.